The molecule has 2 aromatic rings. The van der Waals surface area contributed by atoms with Gasteiger partial charge in [-0.25, -0.2) is 9.59 Å². The van der Waals surface area contributed by atoms with E-state index in [1.54, 1.807) is 35.9 Å². The summed E-state index contributed by atoms with van der Waals surface area (Å²) in [6, 6.07) is 6.28. The SMILES string of the molecule is CCOC(=O)c1cccc(NC(=O)NCc2c(C)nn(C)c2C)c1. The number of hydrogen-bond acceptors (Lipinski definition) is 4. The first-order valence-corrected chi connectivity index (χ1v) is 7.73. The Bertz CT molecular complexity index is 752. The second-order valence-corrected chi connectivity index (χ2v) is 5.38. The van der Waals surface area contributed by atoms with Gasteiger partial charge in [-0.3, -0.25) is 4.68 Å². The van der Waals surface area contributed by atoms with Gasteiger partial charge in [0.05, 0.1) is 17.9 Å². The first kappa shape index (κ1) is 17.5. The highest BCUT2D eigenvalue weighted by molar-refractivity contribution is 5.93. The number of carbonyl (C=O) groups excluding carboxylic acids is 2. The second kappa shape index (κ2) is 7.63. The van der Waals surface area contributed by atoms with Crippen molar-refractivity contribution < 1.29 is 14.3 Å². The van der Waals surface area contributed by atoms with Crippen molar-refractivity contribution in [1.29, 1.82) is 0 Å². The lowest BCUT2D eigenvalue weighted by atomic mass is 10.2. The predicted octanol–water partition coefficient (Wildman–Crippen LogP) is 2.54. The highest BCUT2D eigenvalue weighted by Crippen LogP contribution is 2.13. The van der Waals surface area contributed by atoms with Crippen LogP contribution in [-0.2, 0) is 18.3 Å². The summed E-state index contributed by atoms with van der Waals surface area (Å²) in [4.78, 5) is 23.8. The van der Waals surface area contributed by atoms with Gasteiger partial charge in [0, 0.05) is 30.5 Å². The summed E-state index contributed by atoms with van der Waals surface area (Å²) < 4.78 is 6.73. The summed E-state index contributed by atoms with van der Waals surface area (Å²) >= 11 is 0. The molecule has 0 aliphatic heterocycles. The van der Waals surface area contributed by atoms with Crippen LogP contribution in [0.3, 0.4) is 0 Å². The smallest absolute Gasteiger partial charge is 0.338 e. The van der Waals surface area contributed by atoms with E-state index in [0.717, 1.165) is 17.0 Å². The molecule has 0 aliphatic rings. The summed E-state index contributed by atoms with van der Waals surface area (Å²) in [6.45, 7) is 6.30. The minimum absolute atomic E-state index is 0.306. The monoisotopic (exact) mass is 330 g/mol. The summed E-state index contributed by atoms with van der Waals surface area (Å²) in [5, 5.41) is 9.82. The molecular weight excluding hydrogens is 308 g/mol. The number of anilines is 1. The van der Waals surface area contributed by atoms with Gasteiger partial charge in [0.15, 0.2) is 0 Å². The van der Waals surface area contributed by atoms with Crippen LogP contribution in [0.4, 0.5) is 10.5 Å². The molecule has 1 aromatic carbocycles. The molecule has 0 radical (unpaired) electrons. The van der Waals surface area contributed by atoms with Crippen LogP contribution in [-0.4, -0.2) is 28.4 Å². The average Bonchev–Trinajstić information content (AvgIpc) is 2.78. The predicted molar refractivity (Wildman–Crippen MR) is 90.9 cm³/mol. The van der Waals surface area contributed by atoms with Crippen LogP contribution in [0, 0.1) is 13.8 Å². The molecule has 7 nitrogen and oxygen atoms in total. The van der Waals surface area contributed by atoms with E-state index in [-0.39, 0.29) is 6.03 Å². The summed E-state index contributed by atoms with van der Waals surface area (Å²) in [5.41, 5.74) is 3.82. The molecule has 1 heterocycles. The topological polar surface area (TPSA) is 85.2 Å². The Morgan fingerprint density at radius 2 is 2.04 bits per heavy atom. The van der Waals surface area contributed by atoms with E-state index in [4.69, 9.17) is 4.74 Å². The number of aromatic nitrogens is 2. The number of rotatable bonds is 5. The number of hydrogen-bond donors (Lipinski definition) is 2. The number of aryl methyl sites for hydroxylation is 2. The van der Waals surface area contributed by atoms with E-state index in [2.05, 4.69) is 15.7 Å². The van der Waals surface area contributed by atoms with E-state index >= 15 is 0 Å². The summed E-state index contributed by atoms with van der Waals surface area (Å²) in [6.07, 6.45) is 0. The number of benzene rings is 1. The van der Waals surface area contributed by atoms with Crippen LogP contribution in [0.5, 0.6) is 0 Å². The number of carbonyl (C=O) groups is 2. The second-order valence-electron chi connectivity index (χ2n) is 5.38. The minimum atomic E-state index is -0.414. The normalized spacial score (nSPS) is 10.3. The zero-order valence-electron chi connectivity index (χ0n) is 14.3. The fourth-order valence-electron chi connectivity index (χ4n) is 2.36. The van der Waals surface area contributed by atoms with Gasteiger partial charge in [-0.15, -0.1) is 0 Å². The van der Waals surface area contributed by atoms with Gasteiger partial charge in [0.25, 0.3) is 0 Å². The minimum Gasteiger partial charge on any atom is -0.462 e. The van der Waals surface area contributed by atoms with Gasteiger partial charge in [-0.05, 0) is 39.0 Å². The van der Waals surface area contributed by atoms with Crippen LogP contribution in [0.15, 0.2) is 24.3 Å². The van der Waals surface area contributed by atoms with Gasteiger partial charge in [-0.2, -0.15) is 5.10 Å². The van der Waals surface area contributed by atoms with Crippen LogP contribution >= 0.6 is 0 Å². The Balaban J connectivity index is 1.97. The van der Waals surface area contributed by atoms with Gasteiger partial charge in [-0.1, -0.05) is 6.07 Å². The molecule has 0 bridgehead atoms. The lowest BCUT2D eigenvalue weighted by molar-refractivity contribution is 0.0526. The molecule has 1 aromatic heterocycles. The summed E-state index contributed by atoms with van der Waals surface area (Å²) in [5.74, 6) is -0.414. The molecule has 0 fully saturated rings. The van der Waals surface area contributed by atoms with Gasteiger partial charge < -0.3 is 15.4 Å². The van der Waals surface area contributed by atoms with Gasteiger partial charge in [0.2, 0.25) is 0 Å². The molecule has 0 spiro atoms. The van der Waals surface area contributed by atoms with E-state index in [9.17, 15) is 9.59 Å². The average molecular weight is 330 g/mol. The summed E-state index contributed by atoms with van der Waals surface area (Å²) in [7, 11) is 1.87. The molecule has 2 amide bonds. The van der Waals surface area contributed by atoms with Crippen molar-refractivity contribution in [1.82, 2.24) is 15.1 Å². The van der Waals surface area contributed by atoms with E-state index in [1.165, 1.54) is 0 Å². The first-order chi connectivity index (χ1) is 11.4. The number of nitrogens with zero attached hydrogens (tertiary/aromatic N) is 2. The third-order valence-corrected chi connectivity index (χ3v) is 3.72. The molecule has 2 rings (SSSR count). The van der Waals surface area contributed by atoms with Crippen molar-refractivity contribution >= 4 is 17.7 Å². The number of esters is 1. The third kappa shape index (κ3) is 4.13. The Morgan fingerprint density at radius 1 is 1.29 bits per heavy atom. The molecular formula is C17H22N4O3. The molecule has 2 N–H and O–H groups in total. The fraction of sp³-hybridized carbons (Fsp3) is 0.353. The first-order valence-electron chi connectivity index (χ1n) is 7.73. The zero-order valence-corrected chi connectivity index (χ0v) is 14.3. The van der Waals surface area contributed by atoms with E-state index in [0.29, 0.717) is 24.4 Å². The fourth-order valence-corrected chi connectivity index (χ4v) is 2.36. The van der Waals surface area contributed by atoms with Crippen molar-refractivity contribution in [3.8, 4) is 0 Å². The molecule has 0 saturated heterocycles. The van der Waals surface area contributed by atoms with Crippen molar-refractivity contribution in [2.45, 2.75) is 27.3 Å². The van der Waals surface area contributed by atoms with Crippen molar-refractivity contribution in [3.63, 3.8) is 0 Å². The molecule has 0 unspecified atom stereocenters. The Labute approximate surface area is 141 Å². The number of amides is 2. The maximum atomic E-state index is 12.1. The molecule has 0 saturated carbocycles. The van der Waals surface area contributed by atoms with E-state index < -0.39 is 5.97 Å². The van der Waals surface area contributed by atoms with Crippen LogP contribution < -0.4 is 10.6 Å². The number of nitrogens with one attached hydrogen (secondary N) is 2. The van der Waals surface area contributed by atoms with Gasteiger partial charge >= 0.3 is 12.0 Å². The largest absolute Gasteiger partial charge is 0.462 e. The molecule has 128 valence electrons. The van der Waals surface area contributed by atoms with Gasteiger partial charge in [0.1, 0.15) is 0 Å². The highest BCUT2D eigenvalue weighted by Gasteiger charge is 2.11. The maximum Gasteiger partial charge on any atom is 0.338 e. The Kier molecular flexibility index (Phi) is 5.57. The molecule has 0 aliphatic carbocycles. The standard InChI is InChI=1S/C17H22N4O3/c1-5-24-16(22)13-7-6-8-14(9-13)19-17(23)18-10-15-11(2)20-21(4)12(15)3/h6-9H,5,10H2,1-4H3,(H2,18,19,23). The van der Waals surface area contributed by atoms with Crippen molar-refractivity contribution in [2.24, 2.45) is 7.05 Å². The lowest BCUT2D eigenvalue weighted by Gasteiger charge is -2.09. The highest BCUT2D eigenvalue weighted by atomic mass is 16.5. The van der Waals surface area contributed by atoms with Crippen LogP contribution in [0.2, 0.25) is 0 Å². The van der Waals surface area contributed by atoms with E-state index in [1.807, 2.05) is 20.9 Å². The lowest BCUT2D eigenvalue weighted by Crippen LogP contribution is -2.28. The van der Waals surface area contributed by atoms with Crippen LogP contribution in [0.25, 0.3) is 0 Å². The van der Waals surface area contributed by atoms with Crippen molar-refractivity contribution in [2.75, 3.05) is 11.9 Å². The number of ether oxygens (including phenoxy) is 1. The quantitative estimate of drug-likeness (QED) is 0.825. The van der Waals surface area contributed by atoms with Crippen molar-refractivity contribution in [3.05, 3.63) is 46.8 Å². The Morgan fingerprint density at radius 3 is 2.67 bits per heavy atom. The maximum absolute atomic E-state index is 12.1. The third-order valence-electron chi connectivity index (χ3n) is 3.72. The van der Waals surface area contributed by atoms with Crippen LogP contribution in [0.1, 0.15) is 34.2 Å². The zero-order chi connectivity index (χ0) is 17.7. The molecule has 7 heteroatoms. The molecule has 24 heavy (non-hydrogen) atoms. The Hall–Kier alpha value is -2.83. The number of urea groups is 1. The molecule has 0 atom stereocenters.